The van der Waals surface area contributed by atoms with E-state index in [-0.39, 0.29) is 18.4 Å². The fraction of sp³-hybridized carbons (Fsp3) is 0.389. The number of hydrogen-bond acceptors (Lipinski definition) is 6. The topological polar surface area (TPSA) is 84.9 Å². The third kappa shape index (κ3) is 3.80. The lowest BCUT2D eigenvalue weighted by Gasteiger charge is -2.30. The Bertz CT molecular complexity index is 927. The highest BCUT2D eigenvalue weighted by Crippen LogP contribution is 2.33. The lowest BCUT2D eigenvalue weighted by molar-refractivity contribution is -0.120. The maximum atomic E-state index is 12.7. The van der Waals surface area contributed by atoms with Crippen molar-refractivity contribution in [2.45, 2.75) is 17.1 Å². The van der Waals surface area contributed by atoms with Gasteiger partial charge in [0.15, 0.2) is 11.5 Å². The highest BCUT2D eigenvalue weighted by molar-refractivity contribution is 7.91. The fourth-order valence-corrected chi connectivity index (χ4v) is 5.95. The van der Waals surface area contributed by atoms with E-state index >= 15 is 0 Å². The van der Waals surface area contributed by atoms with Crippen molar-refractivity contribution < 1.29 is 22.7 Å². The Hall–Kier alpha value is -2.10. The van der Waals surface area contributed by atoms with Crippen LogP contribution in [0.4, 0.5) is 5.69 Å². The van der Waals surface area contributed by atoms with E-state index in [2.05, 4.69) is 5.32 Å². The zero-order valence-corrected chi connectivity index (χ0v) is 16.2. The van der Waals surface area contributed by atoms with Gasteiger partial charge in [-0.15, -0.1) is 11.3 Å². The summed E-state index contributed by atoms with van der Waals surface area (Å²) in [5.74, 6) is 0.689. The van der Waals surface area contributed by atoms with Crippen molar-refractivity contribution in [3.63, 3.8) is 0 Å². The van der Waals surface area contributed by atoms with Gasteiger partial charge < -0.3 is 14.8 Å². The number of piperidine rings is 1. The molecule has 1 saturated heterocycles. The molecule has 1 fully saturated rings. The molecule has 9 heteroatoms. The minimum absolute atomic E-state index is 0.183. The molecule has 0 saturated carbocycles. The van der Waals surface area contributed by atoms with Crippen molar-refractivity contribution >= 4 is 33.0 Å². The number of nitrogens with one attached hydrogen (secondary N) is 1. The zero-order valence-electron chi connectivity index (χ0n) is 14.6. The van der Waals surface area contributed by atoms with Crippen molar-refractivity contribution in [3.8, 4) is 11.5 Å². The monoisotopic (exact) mass is 408 g/mol. The van der Waals surface area contributed by atoms with E-state index in [1.807, 2.05) is 0 Å². The lowest BCUT2D eigenvalue weighted by atomic mass is 9.98. The van der Waals surface area contributed by atoms with Gasteiger partial charge >= 0.3 is 0 Å². The number of amides is 1. The van der Waals surface area contributed by atoms with Crippen molar-refractivity contribution in [3.05, 3.63) is 35.7 Å². The molecule has 144 valence electrons. The van der Waals surface area contributed by atoms with Gasteiger partial charge in [0.1, 0.15) is 17.4 Å². The van der Waals surface area contributed by atoms with Crippen LogP contribution in [0.3, 0.4) is 0 Å². The molecule has 0 unspecified atom stereocenters. The lowest BCUT2D eigenvalue weighted by Crippen LogP contribution is -2.43. The summed E-state index contributed by atoms with van der Waals surface area (Å²) in [5.41, 5.74) is 0.613. The van der Waals surface area contributed by atoms with Crippen LogP contribution >= 0.6 is 11.3 Å². The second-order valence-electron chi connectivity index (χ2n) is 6.48. The van der Waals surface area contributed by atoms with Crippen LogP contribution in [-0.4, -0.2) is 44.9 Å². The first-order valence-corrected chi connectivity index (χ1v) is 11.1. The van der Waals surface area contributed by atoms with Gasteiger partial charge in [-0.3, -0.25) is 4.79 Å². The summed E-state index contributed by atoms with van der Waals surface area (Å²) in [6.45, 7) is 1.61. The van der Waals surface area contributed by atoms with E-state index in [0.29, 0.717) is 54.0 Å². The Balaban J connectivity index is 1.44. The number of hydrogen-bond donors (Lipinski definition) is 1. The van der Waals surface area contributed by atoms with E-state index in [1.54, 1.807) is 35.7 Å². The van der Waals surface area contributed by atoms with E-state index < -0.39 is 10.0 Å². The minimum atomic E-state index is -3.53. The van der Waals surface area contributed by atoms with Gasteiger partial charge in [0.25, 0.3) is 10.0 Å². The van der Waals surface area contributed by atoms with Gasteiger partial charge in [-0.25, -0.2) is 8.42 Å². The van der Waals surface area contributed by atoms with Crippen LogP contribution in [-0.2, 0) is 14.8 Å². The van der Waals surface area contributed by atoms with Gasteiger partial charge in [0.05, 0.1) is 5.92 Å². The molecule has 1 aromatic heterocycles. The van der Waals surface area contributed by atoms with Crippen LogP contribution in [0.15, 0.2) is 39.9 Å². The molecule has 0 spiro atoms. The van der Waals surface area contributed by atoms with E-state index in [1.165, 1.54) is 15.6 Å². The third-order valence-corrected chi connectivity index (χ3v) is 7.89. The second-order valence-corrected chi connectivity index (χ2v) is 9.59. The van der Waals surface area contributed by atoms with Crippen LogP contribution in [0.5, 0.6) is 11.5 Å². The Morgan fingerprint density at radius 1 is 1.19 bits per heavy atom. The van der Waals surface area contributed by atoms with E-state index in [0.717, 1.165) is 0 Å². The number of carbonyl (C=O) groups excluding carboxylic acids is 1. The van der Waals surface area contributed by atoms with Crippen molar-refractivity contribution in [1.29, 1.82) is 0 Å². The highest BCUT2D eigenvalue weighted by atomic mass is 32.2. The average molecular weight is 409 g/mol. The van der Waals surface area contributed by atoms with Gasteiger partial charge in [-0.05, 0) is 36.4 Å². The van der Waals surface area contributed by atoms with Gasteiger partial charge in [-0.2, -0.15) is 4.31 Å². The highest BCUT2D eigenvalue weighted by Gasteiger charge is 2.33. The molecule has 0 aliphatic carbocycles. The number of anilines is 1. The van der Waals surface area contributed by atoms with E-state index in [4.69, 9.17) is 9.47 Å². The number of nitrogens with zero attached hydrogens (tertiary/aromatic N) is 1. The first-order chi connectivity index (χ1) is 13.0. The predicted octanol–water partition coefficient (Wildman–Crippen LogP) is 2.56. The largest absolute Gasteiger partial charge is 0.486 e. The number of thiophene rings is 1. The van der Waals surface area contributed by atoms with Crippen molar-refractivity contribution in [2.75, 3.05) is 31.6 Å². The summed E-state index contributed by atoms with van der Waals surface area (Å²) in [7, 11) is -3.53. The molecule has 1 aromatic carbocycles. The standard InChI is InChI=1S/C18H20N2O5S2/c21-18(19-14-5-6-15-16(11-14)25-9-8-24-15)13-3-1-7-20(12-13)27(22,23)17-4-2-10-26-17/h2,4-6,10-11,13H,1,3,7-9,12H2,(H,19,21)/t13-/m0/s1. The number of fused-ring (bicyclic) bond motifs is 1. The SMILES string of the molecule is O=C(Nc1ccc2c(c1)OCCO2)[C@H]1CCCN(S(=O)(=O)c2cccs2)C1. The smallest absolute Gasteiger partial charge is 0.252 e. The number of rotatable bonds is 4. The predicted molar refractivity (Wildman–Crippen MR) is 102 cm³/mol. The van der Waals surface area contributed by atoms with Gasteiger partial charge in [0.2, 0.25) is 5.91 Å². The quantitative estimate of drug-likeness (QED) is 0.840. The normalized spacial score (nSPS) is 20.2. The van der Waals surface area contributed by atoms with E-state index in [9.17, 15) is 13.2 Å². The summed E-state index contributed by atoms with van der Waals surface area (Å²) in [6, 6.07) is 8.56. The zero-order chi connectivity index (χ0) is 18.9. The van der Waals surface area contributed by atoms with Gasteiger partial charge in [0, 0.05) is 24.8 Å². The molecular formula is C18H20N2O5S2. The summed E-state index contributed by atoms with van der Waals surface area (Å²) in [4.78, 5) is 12.7. The molecule has 4 rings (SSSR count). The van der Waals surface area contributed by atoms with Gasteiger partial charge in [-0.1, -0.05) is 6.07 Å². The van der Waals surface area contributed by atoms with Crippen LogP contribution in [0.2, 0.25) is 0 Å². The minimum Gasteiger partial charge on any atom is -0.486 e. The summed E-state index contributed by atoms with van der Waals surface area (Å²) in [6.07, 6.45) is 1.32. The molecule has 2 aliphatic heterocycles. The first-order valence-electron chi connectivity index (χ1n) is 8.78. The van der Waals surface area contributed by atoms with Crippen molar-refractivity contribution in [2.24, 2.45) is 5.92 Å². The molecule has 2 aliphatic rings. The maximum Gasteiger partial charge on any atom is 0.252 e. The Kier molecular flexibility index (Phi) is 5.07. The fourth-order valence-electron chi connectivity index (χ4n) is 3.28. The maximum absolute atomic E-state index is 12.7. The van der Waals surface area contributed by atoms with Crippen LogP contribution < -0.4 is 14.8 Å². The number of sulfonamides is 1. The Labute approximate surface area is 161 Å². The molecule has 1 atom stereocenters. The molecule has 1 amide bonds. The number of ether oxygens (including phenoxy) is 2. The molecule has 3 heterocycles. The Morgan fingerprint density at radius 2 is 2.00 bits per heavy atom. The third-order valence-electron chi connectivity index (χ3n) is 4.65. The molecular weight excluding hydrogens is 388 g/mol. The molecule has 2 aromatic rings. The molecule has 7 nitrogen and oxygen atoms in total. The second kappa shape index (κ2) is 7.49. The Morgan fingerprint density at radius 3 is 2.78 bits per heavy atom. The number of benzene rings is 1. The average Bonchev–Trinajstić information content (AvgIpc) is 3.24. The molecule has 27 heavy (non-hydrogen) atoms. The first kappa shape index (κ1) is 18.3. The molecule has 0 bridgehead atoms. The van der Waals surface area contributed by atoms with Crippen LogP contribution in [0.1, 0.15) is 12.8 Å². The summed E-state index contributed by atoms with van der Waals surface area (Å²) >= 11 is 1.19. The van der Waals surface area contributed by atoms with Crippen molar-refractivity contribution in [1.82, 2.24) is 4.31 Å². The summed E-state index contributed by atoms with van der Waals surface area (Å²) in [5, 5.41) is 4.61. The van der Waals surface area contributed by atoms with Crippen LogP contribution in [0, 0.1) is 5.92 Å². The summed E-state index contributed by atoms with van der Waals surface area (Å²) < 4.78 is 38.2. The number of carbonyl (C=O) groups is 1. The molecule has 1 N–H and O–H groups in total. The molecule has 0 radical (unpaired) electrons. The van der Waals surface area contributed by atoms with Crippen LogP contribution in [0.25, 0.3) is 0 Å².